The molecule has 1 saturated carbocycles. The van der Waals surface area contributed by atoms with Gasteiger partial charge in [0.15, 0.2) is 0 Å². The van der Waals surface area contributed by atoms with Crippen molar-refractivity contribution in [3.05, 3.63) is 75.4 Å². The van der Waals surface area contributed by atoms with Crippen molar-refractivity contribution in [3.63, 3.8) is 0 Å². The number of carbonyl (C=O) groups is 1. The molecular formula is C25H29N5O5S2. The van der Waals surface area contributed by atoms with E-state index in [4.69, 9.17) is 4.18 Å². The first-order valence-corrected chi connectivity index (χ1v) is 14.3. The lowest BCUT2D eigenvalue weighted by Gasteiger charge is -2.37. The number of hydrogen-bond donors (Lipinski definition) is 4. The number of fused-ring (bicyclic) bond motifs is 1. The molecule has 0 saturated heterocycles. The highest BCUT2D eigenvalue weighted by molar-refractivity contribution is 7.84. The van der Waals surface area contributed by atoms with Crippen molar-refractivity contribution in [1.82, 2.24) is 20.0 Å². The van der Waals surface area contributed by atoms with Crippen LogP contribution in [0, 0.1) is 0 Å². The number of nitrogens with zero attached hydrogens (tertiary/aromatic N) is 2. The molecule has 2 aliphatic rings. The first-order valence-electron chi connectivity index (χ1n) is 12.0. The van der Waals surface area contributed by atoms with Crippen molar-refractivity contribution in [2.24, 2.45) is 0 Å². The summed E-state index contributed by atoms with van der Waals surface area (Å²) in [6, 6.07) is 9.94. The second-order valence-corrected chi connectivity index (χ2v) is 11.9. The van der Waals surface area contributed by atoms with Gasteiger partial charge in [0.1, 0.15) is 18.2 Å². The largest absolute Gasteiger partial charge is 0.390 e. The van der Waals surface area contributed by atoms with Crippen LogP contribution >= 0.6 is 11.3 Å². The molecule has 0 spiro atoms. The Balaban J connectivity index is 1.35. The number of anilines is 1. The summed E-state index contributed by atoms with van der Waals surface area (Å²) in [5.74, 6) is 0.118. The Labute approximate surface area is 219 Å². The summed E-state index contributed by atoms with van der Waals surface area (Å²) >= 11 is 1.37. The van der Waals surface area contributed by atoms with Gasteiger partial charge in [0.05, 0.1) is 22.1 Å². The van der Waals surface area contributed by atoms with Crippen LogP contribution in [-0.4, -0.2) is 61.1 Å². The molecule has 37 heavy (non-hydrogen) atoms. The van der Waals surface area contributed by atoms with Crippen molar-refractivity contribution in [2.45, 2.75) is 50.0 Å². The van der Waals surface area contributed by atoms with Crippen molar-refractivity contribution in [3.8, 4) is 0 Å². The van der Waals surface area contributed by atoms with Crippen LogP contribution in [0.25, 0.3) is 0 Å². The van der Waals surface area contributed by atoms with Gasteiger partial charge in [0, 0.05) is 25.8 Å². The summed E-state index contributed by atoms with van der Waals surface area (Å²) in [4.78, 5) is 22.4. The third-order valence-electron chi connectivity index (χ3n) is 7.10. The molecule has 1 fully saturated rings. The topological polar surface area (TPSA) is 143 Å². The number of aliphatic hydroxyl groups excluding tert-OH is 1. The number of carbonyl (C=O) groups excluding carboxylic acids is 1. The highest BCUT2D eigenvalue weighted by atomic mass is 32.2. The second-order valence-electron chi connectivity index (χ2n) is 9.45. The van der Waals surface area contributed by atoms with Crippen molar-refractivity contribution < 1.29 is 22.5 Å². The minimum absolute atomic E-state index is 0.212. The minimum atomic E-state index is -3.94. The fourth-order valence-electron chi connectivity index (χ4n) is 5.09. The lowest BCUT2D eigenvalue weighted by molar-refractivity contribution is 0.0636. The zero-order valence-electron chi connectivity index (χ0n) is 20.5. The smallest absolute Gasteiger partial charge is 0.335 e. The van der Waals surface area contributed by atoms with Gasteiger partial charge in [-0.25, -0.2) is 9.97 Å². The van der Waals surface area contributed by atoms with E-state index in [9.17, 15) is 18.3 Å². The number of thiophene rings is 1. The van der Waals surface area contributed by atoms with E-state index in [0.29, 0.717) is 16.3 Å². The van der Waals surface area contributed by atoms with Gasteiger partial charge in [-0.1, -0.05) is 24.3 Å². The zero-order valence-corrected chi connectivity index (χ0v) is 22.1. The zero-order chi connectivity index (χ0) is 26.2. The predicted molar refractivity (Wildman–Crippen MR) is 140 cm³/mol. The SMILES string of the molecule is CNS(=O)(=O)O[C@@H]1C[C@H](Nc2ncncc2C(=O)c2cc([C@@]3(C)NCCc4ccccc43)cs2)C[C@@H]1O. The Morgan fingerprint density at radius 2 is 2.11 bits per heavy atom. The van der Waals surface area contributed by atoms with Crippen molar-refractivity contribution >= 4 is 33.2 Å². The Morgan fingerprint density at radius 3 is 2.92 bits per heavy atom. The molecule has 3 heterocycles. The number of aromatic nitrogens is 2. The van der Waals surface area contributed by atoms with Gasteiger partial charge in [-0.2, -0.15) is 13.1 Å². The number of nitrogens with one attached hydrogen (secondary N) is 3. The molecule has 4 N–H and O–H groups in total. The molecule has 1 aliphatic carbocycles. The quantitative estimate of drug-likeness (QED) is 0.314. The maximum atomic E-state index is 13.6. The van der Waals surface area contributed by atoms with E-state index in [1.807, 2.05) is 23.6 Å². The monoisotopic (exact) mass is 543 g/mol. The summed E-state index contributed by atoms with van der Waals surface area (Å²) in [5.41, 5.74) is 3.43. The molecule has 0 bridgehead atoms. The Bertz CT molecular complexity index is 1410. The molecular weight excluding hydrogens is 514 g/mol. The number of benzene rings is 1. The van der Waals surface area contributed by atoms with E-state index in [1.165, 1.54) is 42.0 Å². The van der Waals surface area contributed by atoms with Crippen molar-refractivity contribution in [2.75, 3.05) is 18.9 Å². The fourth-order valence-corrected chi connectivity index (χ4v) is 6.69. The highest BCUT2D eigenvalue weighted by Gasteiger charge is 2.38. The van der Waals surface area contributed by atoms with Crippen LogP contribution in [0.3, 0.4) is 0 Å². The molecule has 0 unspecified atom stereocenters. The van der Waals surface area contributed by atoms with Gasteiger partial charge in [-0.05, 0) is 54.3 Å². The third-order valence-corrected chi connectivity index (χ3v) is 9.03. The summed E-state index contributed by atoms with van der Waals surface area (Å²) in [5, 5.41) is 19.1. The number of hydrogen-bond acceptors (Lipinski definition) is 10. The molecule has 12 heteroatoms. The maximum absolute atomic E-state index is 13.6. The van der Waals surface area contributed by atoms with Gasteiger partial charge in [-0.3, -0.25) is 8.98 Å². The standard InChI is InChI=1S/C25H29N5O5S2/c1-25(19-6-4-3-5-15(19)7-8-29-25)16-9-22(36-13-16)23(32)18-12-27-14-28-24(18)30-17-10-20(31)21(11-17)35-37(33,34)26-2/h3-6,9,12-14,17,20-21,26,29,31H,7-8,10-11H2,1-2H3,(H,27,28,30)/t17-,20+,21-,25-/m1/s1. The van der Waals surface area contributed by atoms with E-state index < -0.39 is 28.1 Å². The van der Waals surface area contributed by atoms with E-state index in [2.05, 4.69) is 44.4 Å². The molecule has 2 aromatic heterocycles. The summed E-state index contributed by atoms with van der Waals surface area (Å²) < 4.78 is 30.6. The lowest BCUT2D eigenvalue weighted by Crippen LogP contribution is -2.45. The molecule has 1 aromatic carbocycles. The number of ketones is 1. The van der Waals surface area contributed by atoms with E-state index >= 15 is 0 Å². The van der Waals surface area contributed by atoms with Crippen LogP contribution in [0.5, 0.6) is 0 Å². The molecule has 10 nitrogen and oxygen atoms in total. The highest BCUT2D eigenvalue weighted by Crippen LogP contribution is 2.37. The minimum Gasteiger partial charge on any atom is -0.390 e. The van der Waals surface area contributed by atoms with Crippen LogP contribution in [0.15, 0.2) is 48.2 Å². The van der Waals surface area contributed by atoms with Gasteiger partial charge in [-0.15, -0.1) is 11.3 Å². The van der Waals surface area contributed by atoms with Gasteiger partial charge in [0.25, 0.3) is 0 Å². The molecule has 5 rings (SSSR count). The first kappa shape index (κ1) is 25.9. The maximum Gasteiger partial charge on any atom is 0.335 e. The Kier molecular flexibility index (Phi) is 7.14. The fraction of sp³-hybridized carbons (Fsp3) is 0.400. The van der Waals surface area contributed by atoms with Crippen LogP contribution in [-0.2, 0) is 26.4 Å². The average Bonchev–Trinajstić information content (AvgIpc) is 3.52. The molecule has 1 aliphatic heterocycles. The molecule has 0 radical (unpaired) electrons. The van der Waals surface area contributed by atoms with Crippen LogP contribution in [0.2, 0.25) is 0 Å². The third kappa shape index (κ3) is 5.17. The van der Waals surface area contributed by atoms with Crippen LogP contribution in [0.4, 0.5) is 5.82 Å². The summed E-state index contributed by atoms with van der Waals surface area (Å²) in [6.07, 6.45) is 2.36. The summed E-state index contributed by atoms with van der Waals surface area (Å²) in [7, 11) is -2.70. The lowest BCUT2D eigenvalue weighted by atomic mass is 9.80. The van der Waals surface area contributed by atoms with Crippen molar-refractivity contribution in [1.29, 1.82) is 0 Å². The average molecular weight is 544 g/mol. The Morgan fingerprint density at radius 1 is 1.30 bits per heavy atom. The van der Waals surface area contributed by atoms with Crippen LogP contribution < -0.4 is 15.4 Å². The van der Waals surface area contributed by atoms with E-state index in [1.54, 1.807) is 0 Å². The van der Waals surface area contributed by atoms with Crippen LogP contribution in [0.1, 0.15) is 51.7 Å². The molecule has 3 aromatic rings. The number of rotatable bonds is 8. The first-order chi connectivity index (χ1) is 17.7. The second kappa shape index (κ2) is 10.2. The number of aliphatic hydroxyl groups is 1. The Hall–Kier alpha value is -2.74. The van der Waals surface area contributed by atoms with E-state index in [-0.39, 0.29) is 24.7 Å². The molecule has 196 valence electrons. The van der Waals surface area contributed by atoms with Gasteiger partial charge >= 0.3 is 10.3 Å². The van der Waals surface area contributed by atoms with Gasteiger partial charge < -0.3 is 15.7 Å². The van der Waals surface area contributed by atoms with E-state index in [0.717, 1.165) is 18.5 Å². The predicted octanol–water partition coefficient (Wildman–Crippen LogP) is 1.96. The molecule has 0 amide bonds. The summed E-state index contributed by atoms with van der Waals surface area (Å²) in [6.45, 7) is 2.98. The normalized spacial score (nSPS) is 25.5. The van der Waals surface area contributed by atoms with Gasteiger partial charge in [0.2, 0.25) is 5.78 Å². The molecule has 4 atom stereocenters.